The van der Waals surface area contributed by atoms with E-state index >= 15 is 0 Å². The second-order valence-electron chi connectivity index (χ2n) is 1.98. The summed E-state index contributed by atoms with van der Waals surface area (Å²) >= 11 is 0. The Morgan fingerprint density at radius 3 is 1.43 bits per heavy atom. The van der Waals surface area contributed by atoms with E-state index in [1.54, 1.807) is 0 Å². The fourth-order valence-corrected chi connectivity index (χ4v) is 0.728. The molecule has 0 saturated carbocycles. The van der Waals surface area contributed by atoms with Crippen LogP contribution in [0.5, 0.6) is 0 Å². The van der Waals surface area contributed by atoms with Gasteiger partial charge in [-0.05, 0) is 0 Å². The van der Waals surface area contributed by atoms with Gasteiger partial charge < -0.3 is 32.9 Å². The van der Waals surface area contributed by atoms with Crippen LogP contribution in [0.1, 0.15) is 0 Å². The van der Waals surface area contributed by atoms with Gasteiger partial charge >= 0.3 is 46.4 Å². The van der Waals surface area contributed by atoms with E-state index < -0.39 is 29.3 Å². The zero-order chi connectivity index (χ0) is 10.6. The molecular weight excluding hydrogens is 198 g/mol. The molecule has 0 radical (unpaired) electrons. The first kappa shape index (κ1) is 11.7. The molecule has 2 aliphatic heterocycles. The molecule has 0 spiro atoms. The molecule has 2 bridgehead atoms. The van der Waals surface area contributed by atoms with Crippen LogP contribution in [-0.2, 0) is 27.6 Å². The largest absolute Gasteiger partial charge is 0.612 e. The summed E-state index contributed by atoms with van der Waals surface area (Å²) < 4.78 is 30.9. The van der Waals surface area contributed by atoms with Crippen molar-refractivity contribution in [3.05, 3.63) is 0 Å². The van der Waals surface area contributed by atoms with Crippen LogP contribution in [0.2, 0.25) is 0 Å². The summed E-state index contributed by atoms with van der Waals surface area (Å²) in [5.41, 5.74) is 0. The summed E-state index contributed by atoms with van der Waals surface area (Å²) in [4.78, 5) is 0. The first-order chi connectivity index (χ1) is 6.65. The monoisotopic (exact) mass is 202 g/mol. The average molecular weight is 201 g/mol. The molecule has 14 heteroatoms. The van der Waals surface area contributed by atoms with Crippen LogP contribution in [0.25, 0.3) is 0 Å². The third kappa shape index (κ3) is 3.42. The van der Waals surface area contributed by atoms with Gasteiger partial charge in [-0.25, -0.2) is 0 Å². The van der Waals surface area contributed by atoms with E-state index in [9.17, 15) is 0 Å². The van der Waals surface area contributed by atoms with Crippen LogP contribution in [0, 0.1) is 0 Å². The topological polar surface area (TPSA) is 124 Å². The average Bonchev–Trinajstić information content (AvgIpc) is 2.01. The zero-order valence-corrected chi connectivity index (χ0v) is 6.68. The van der Waals surface area contributed by atoms with Gasteiger partial charge in [-0.3, -0.25) is 0 Å². The normalized spacial score (nSPS) is 19.9. The predicted octanol–water partition coefficient (Wildman–Crippen LogP) is -4.04. The molecule has 0 amide bonds. The molecule has 2 saturated heterocycles. The Bertz CT molecular complexity index is 151. The van der Waals surface area contributed by atoms with Gasteiger partial charge in [-0.15, -0.1) is 0 Å². The van der Waals surface area contributed by atoms with Crippen molar-refractivity contribution >= 4 is 36.6 Å². The molecule has 72 valence electrons. The Hall–Kier alpha value is -0.355. The Kier molecular flexibility index (Phi) is 4.61. The van der Waals surface area contributed by atoms with Gasteiger partial charge in [0.15, 0.2) is 0 Å². The van der Waals surface area contributed by atoms with Crippen LogP contribution in [-0.4, -0.2) is 51.7 Å². The molecule has 0 aromatic rings. The van der Waals surface area contributed by atoms with Crippen molar-refractivity contribution in [3.8, 4) is 0 Å². The summed E-state index contributed by atoms with van der Waals surface area (Å²) in [6.45, 7) is 0. The molecule has 0 aliphatic carbocycles. The van der Waals surface area contributed by atoms with E-state index in [1.807, 2.05) is 0 Å². The van der Waals surface area contributed by atoms with E-state index in [2.05, 4.69) is 22.9 Å². The first-order valence-corrected chi connectivity index (χ1v) is 3.37. The zero-order valence-electron chi connectivity index (χ0n) is 6.68. The Morgan fingerprint density at radius 2 is 1.14 bits per heavy atom. The summed E-state index contributed by atoms with van der Waals surface area (Å²) in [7, 11) is -5.45. The minimum absolute atomic E-state index is 0.250. The third-order valence-corrected chi connectivity index (χ3v) is 1.13. The maximum Gasteiger partial charge on any atom is 0.612 e. The molecule has 14 heavy (non-hydrogen) atoms. The Labute approximate surface area is 80.2 Å². The first-order valence-electron chi connectivity index (χ1n) is 3.37. The van der Waals surface area contributed by atoms with E-state index in [1.165, 1.54) is 0 Å². The number of rotatable bonds is 0. The molecule has 2 aliphatic rings. The van der Waals surface area contributed by atoms with Crippen molar-refractivity contribution in [3.63, 3.8) is 0 Å². The number of hydrogen-bond donors (Lipinski definition) is 3. The summed E-state index contributed by atoms with van der Waals surface area (Å²) in [5, 5.41) is 24.4. The van der Waals surface area contributed by atoms with Crippen molar-refractivity contribution in [2.45, 2.75) is 0 Å². The van der Waals surface area contributed by atoms with Gasteiger partial charge in [-0.2, -0.15) is 0 Å². The maximum absolute atomic E-state index is 8.74. The van der Waals surface area contributed by atoms with Crippen molar-refractivity contribution in [1.29, 1.82) is 0 Å². The number of hydrogen-bond acceptors (Lipinski definition) is 8. The van der Waals surface area contributed by atoms with Crippen LogP contribution in [0.4, 0.5) is 0 Å². The van der Waals surface area contributed by atoms with Gasteiger partial charge in [0, 0.05) is 0 Å². The Morgan fingerprint density at radius 1 is 0.857 bits per heavy atom. The molecule has 0 atom stereocenters. The molecule has 2 heterocycles. The molecule has 3 N–H and O–H groups in total. The molecule has 0 unspecified atom stereocenters. The molecule has 0 aromatic heterocycles. The molecule has 0 aromatic carbocycles. The van der Waals surface area contributed by atoms with Crippen LogP contribution >= 0.6 is 0 Å². The minimum atomic E-state index is -1.45. The van der Waals surface area contributed by atoms with Crippen molar-refractivity contribution in [2.24, 2.45) is 0 Å². The predicted molar refractivity (Wildman–Crippen MR) is 41.5 cm³/mol. The van der Waals surface area contributed by atoms with Gasteiger partial charge in [0.2, 0.25) is 0 Å². The molecule has 2 rings (SSSR count). The number of fused-ring (bicyclic) bond motifs is 2. The SMILES string of the molecule is O=BO.OB1OB2OB(O)OB(O1)O2. The third-order valence-electron chi connectivity index (χ3n) is 1.13. The maximum atomic E-state index is 8.74. The second kappa shape index (κ2) is 5.51. The Balaban J connectivity index is 0.000000293. The van der Waals surface area contributed by atoms with Crippen molar-refractivity contribution < 1.29 is 42.6 Å². The summed E-state index contributed by atoms with van der Waals surface area (Å²) in [6.07, 6.45) is 0. The van der Waals surface area contributed by atoms with E-state index in [-0.39, 0.29) is 7.35 Å². The van der Waals surface area contributed by atoms with E-state index in [0.29, 0.717) is 0 Å². The molecular formula is H3B5O9. The second-order valence-corrected chi connectivity index (χ2v) is 1.98. The molecule has 9 nitrogen and oxygen atoms in total. The van der Waals surface area contributed by atoms with Crippen LogP contribution in [0.3, 0.4) is 0 Å². The van der Waals surface area contributed by atoms with Crippen molar-refractivity contribution in [2.75, 3.05) is 0 Å². The molecule has 2 fully saturated rings. The van der Waals surface area contributed by atoms with Gasteiger partial charge in [0.1, 0.15) is 0 Å². The summed E-state index contributed by atoms with van der Waals surface area (Å²) in [5.74, 6) is 0. The summed E-state index contributed by atoms with van der Waals surface area (Å²) in [6, 6.07) is 0. The smallest absolute Gasteiger partial charge is 0.403 e. The fraction of sp³-hybridized carbons (Fsp3) is 0. The fourth-order valence-electron chi connectivity index (χ4n) is 0.728. The van der Waals surface area contributed by atoms with E-state index in [4.69, 9.17) is 19.8 Å². The van der Waals surface area contributed by atoms with Gasteiger partial charge in [-0.1, -0.05) is 0 Å². The van der Waals surface area contributed by atoms with Crippen LogP contribution < -0.4 is 0 Å². The quantitative estimate of drug-likeness (QED) is 0.336. The standard InChI is InChI=1S/B4H2O7.BHO2/c5-1-7-3-9-2(6)10-4(8-1)11-3;2-1-3/h5-6H;2H. The van der Waals surface area contributed by atoms with Crippen LogP contribution in [0.15, 0.2) is 0 Å². The van der Waals surface area contributed by atoms with E-state index in [0.717, 1.165) is 0 Å². The van der Waals surface area contributed by atoms with Crippen molar-refractivity contribution in [1.82, 2.24) is 0 Å². The van der Waals surface area contributed by atoms with Gasteiger partial charge in [0.05, 0.1) is 0 Å². The minimum Gasteiger partial charge on any atom is -0.403 e. The van der Waals surface area contributed by atoms with Gasteiger partial charge in [0.25, 0.3) is 0 Å².